The van der Waals surface area contributed by atoms with E-state index < -0.39 is 23.6 Å². The van der Waals surface area contributed by atoms with Crippen LogP contribution in [0.1, 0.15) is 64.9 Å². The summed E-state index contributed by atoms with van der Waals surface area (Å²) in [5, 5.41) is 8.69. The fourth-order valence-electron chi connectivity index (χ4n) is 6.38. The summed E-state index contributed by atoms with van der Waals surface area (Å²) in [6, 6.07) is 8.99. The van der Waals surface area contributed by atoms with Gasteiger partial charge >= 0.3 is 6.09 Å². The molecule has 3 amide bonds. The van der Waals surface area contributed by atoms with Gasteiger partial charge in [0.1, 0.15) is 18.2 Å². The van der Waals surface area contributed by atoms with Gasteiger partial charge in [0, 0.05) is 12.0 Å². The molecule has 33 heavy (non-hydrogen) atoms. The number of rotatable bonds is 7. The van der Waals surface area contributed by atoms with Crippen LogP contribution in [-0.4, -0.2) is 41.6 Å². The van der Waals surface area contributed by atoms with E-state index in [0.717, 1.165) is 42.6 Å². The lowest BCUT2D eigenvalue weighted by Crippen LogP contribution is -2.63. The first kappa shape index (κ1) is 23.6. The van der Waals surface area contributed by atoms with Crippen LogP contribution in [0.4, 0.5) is 4.79 Å². The number of benzene rings is 1. The summed E-state index contributed by atoms with van der Waals surface area (Å²) in [6.07, 6.45) is 6.80. The third kappa shape index (κ3) is 6.27. The molecule has 1 atom stereocenters. The first-order chi connectivity index (χ1) is 15.6. The minimum absolute atomic E-state index is 0.125. The normalized spacial score (nSPS) is 28.6. The van der Waals surface area contributed by atoms with Crippen LogP contribution in [0.5, 0.6) is 0 Å². The smallest absolute Gasteiger partial charge is 0.408 e. The predicted molar refractivity (Wildman–Crippen MR) is 125 cm³/mol. The number of hydrogen-bond donors (Lipinski definition) is 3. The molecule has 0 saturated heterocycles. The summed E-state index contributed by atoms with van der Waals surface area (Å²) in [7, 11) is 0. The molecular formula is C26H37N3O4. The van der Waals surface area contributed by atoms with Crippen LogP contribution in [0.25, 0.3) is 0 Å². The van der Waals surface area contributed by atoms with Crippen LogP contribution in [0, 0.1) is 17.8 Å². The van der Waals surface area contributed by atoms with Crippen LogP contribution >= 0.6 is 0 Å². The number of carbonyl (C=O) groups is 3. The maximum absolute atomic E-state index is 13.5. The van der Waals surface area contributed by atoms with Gasteiger partial charge in [-0.1, -0.05) is 30.3 Å². The molecule has 0 aromatic heterocycles. The highest BCUT2D eigenvalue weighted by Crippen LogP contribution is 2.55. The van der Waals surface area contributed by atoms with Gasteiger partial charge in [-0.25, -0.2) is 4.79 Å². The van der Waals surface area contributed by atoms with Crippen LogP contribution in [-0.2, 0) is 20.7 Å². The van der Waals surface area contributed by atoms with Crippen molar-refractivity contribution in [3.63, 3.8) is 0 Å². The Labute approximate surface area is 196 Å². The predicted octanol–water partition coefficient (Wildman–Crippen LogP) is 3.32. The van der Waals surface area contributed by atoms with E-state index in [1.807, 2.05) is 30.3 Å². The molecule has 0 aliphatic heterocycles. The number of carbonyl (C=O) groups excluding carboxylic acids is 3. The lowest BCUT2D eigenvalue weighted by Gasteiger charge is -2.57. The summed E-state index contributed by atoms with van der Waals surface area (Å²) in [5.41, 5.74) is 0.206. The third-order valence-electron chi connectivity index (χ3n) is 7.15. The maximum atomic E-state index is 13.5. The summed E-state index contributed by atoms with van der Waals surface area (Å²) < 4.78 is 5.19. The average Bonchev–Trinajstić information content (AvgIpc) is 2.70. The van der Waals surface area contributed by atoms with Crippen LogP contribution in [0.3, 0.4) is 0 Å². The van der Waals surface area contributed by atoms with Crippen molar-refractivity contribution in [1.82, 2.24) is 16.0 Å². The minimum atomic E-state index is -0.701. The fraction of sp³-hybridized carbons (Fsp3) is 0.654. The van der Waals surface area contributed by atoms with Crippen molar-refractivity contribution in [1.29, 1.82) is 0 Å². The van der Waals surface area contributed by atoms with Crippen molar-refractivity contribution < 1.29 is 19.1 Å². The molecule has 5 rings (SSSR count). The Morgan fingerprint density at radius 3 is 2.12 bits per heavy atom. The van der Waals surface area contributed by atoms with Crippen molar-refractivity contribution in [3.05, 3.63) is 35.9 Å². The molecule has 7 nitrogen and oxygen atoms in total. The topological polar surface area (TPSA) is 96.5 Å². The van der Waals surface area contributed by atoms with E-state index in [2.05, 4.69) is 16.0 Å². The molecule has 0 heterocycles. The molecule has 4 aliphatic rings. The second-order valence-corrected chi connectivity index (χ2v) is 11.4. The van der Waals surface area contributed by atoms with Gasteiger partial charge < -0.3 is 20.7 Å². The number of amides is 3. The largest absolute Gasteiger partial charge is 0.444 e. The van der Waals surface area contributed by atoms with Gasteiger partial charge in [0.05, 0.1) is 0 Å². The van der Waals surface area contributed by atoms with Gasteiger partial charge in [0.25, 0.3) is 0 Å². The molecule has 7 heteroatoms. The zero-order valence-electron chi connectivity index (χ0n) is 20.0. The molecule has 4 fully saturated rings. The fourth-order valence-corrected chi connectivity index (χ4v) is 6.38. The van der Waals surface area contributed by atoms with Crippen molar-refractivity contribution in [2.24, 2.45) is 17.8 Å². The molecule has 4 saturated carbocycles. The highest BCUT2D eigenvalue weighted by molar-refractivity contribution is 5.90. The molecule has 0 spiro atoms. The second-order valence-electron chi connectivity index (χ2n) is 11.4. The van der Waals surface area contributed by atoms with E-state index in [1.165, 1.54) is 19.3 Å². The van der Waals surface area contributed by atoms with Gasteiger partial charge in [-0.3, -0.25) is 9.59 Å². The van der Waals surface area contributed by atoms with Gasteiger partial charge in [0.2, 0.25) is 11.8 Å². The van der Waals surface area contributed by atoms with Gasteiger partial charge in [-0.15, -0.1) is 0 Å². The number of nitrogens with one attached hydrogen (secondary N) is 3. The molecule has 1 aromatic carbocycles. The quantitative estimate of drug-likeness (QED) is 0.588. The highest BCUT2D eigenvalue weighted by Gasteiger charge is 2.51. The number of ether oxygens (including phenoxy) is 1. The Kier molecular flexibility index (Phi) is 6.68. The Hall–Kier alpha value is -2.57. The summed E-state index contributed by atoms with van der Waals surface area (Å²) >= 11 is 0. The van der Waals surface area contributed by atoms with Crippen molar-refractivity contribution in [3.8, 4) is 0 Å². The minimum Gasteiger partial charge on any atom is -0.444 e. The van der Waals surface area contributed by atoms with Gasteiger partial charge in [-0.2, -0.15) is 0 Å². The number of alkyl carbamates (subject to hydrolysis) is 1. The van der Waals surface area contributed by atoms with Crippen LogP contribution < -0.4 is 16.0 Å². The van der Waals surface area contributed by atoms with Gasteiger partial charge in [-0.05, 0) is 82.6 Å². The van der Waals surface area contributed by atoms with E-state index in [0.29, 0.717) is 6.42 Å². The average molecular weight is 456 g/mol. The summed E-state index contributed by atoms with van der Waals surface area (Å²) in [6.45, 7) is 5.04. The van der Waals surface area contributed by atoms with Crippen LogP contribution in [0.15, 0.2) is 30.3 Å². The molecule has 1 aromatic rings. The van der Waals surface area contributed by atoms with Gasteiger partial charge in [0.15, 0.2) is 0 Å². The first-order valence-corrected chi connectivity index (χ1v) is 12.2. The summed E-state index contributed by atoms with van der Waals surface area (Å²) in [4.78, 5) is 38.0. The third-order valence-corrected chi connectivity index (χ3v) is 7.15. The second kappa shape index (κ2) is 9.35. The van der Waals surface area contributed by atoms with E-state index in [-0.39, 0.29) is 18.0 Å². The Bertz CT molecular complexity index is 842. The molecule has 3 N–H and O–H groups in total. The SMILES string of the molecule is CC(C)(C)OC(=O)NCC(=O)N[C@@H](Cc1ccccc1)C(=O)NC12CC3CC(CC(C3)C1)C2. The van der Waals surface area contributed by atoms with E-state index in [1.54, 1.807) is 20.8 Å². The summed E-state index contributed by atoms with van der Waals surface area (Å²) in [5.74, 6) is 1.61. The zero-order chi connectivity index (χ0) is 23.6. The molecule has 4 aliphatic carbocycles. The van der Waals surface area contributed by atoms with Crippen LogP contribution in [0.2, 0.25) is 0 Å². The van der Waals surface area contributed by atoms with Crippen molar-refractivity contribution >= 4 is 17.9 Å². The molecular weight excluding hydrogens is 418 g/mol. The monoisotopic (exact) mass is 455 g/mol. The Morgan fingerprint density at radius 2 is 1.58 bits per heavy atom. The molecule has 0 unspecified atom stereocenters. The van der Waals surface area contributed by atoms with Crippen molar-refractivity contribution in [2.45, 2.75) is 82.9 Å². The first-order valence-electron chi connectivity index (χ1n) is 12.2. The zero-order valence-corrected chi connectivity index (χ0v) is 20.0. The lowest BCUT2D eigenvalue weighted by molar-refractivity contribution is -0.132. The number of hydrogen-bond acceptors (Lipinski definition) is 4. The standard InChI is InChI=1S/C26H37N3O4/c1-25(2,3)33-24(32)27-16-22(30)28-21(12-17-7-5-4-6-8-17)23(31)29-26-13-18-9-19(14-26)11-20(10-18)15-26/h4-8,18-21H,9-16H2,1-3H3,(H,27,32)(H,28,30)(H,29,31)/t18?,19?,20?,21-,26?/m0/s1. The van der Waals surface area contributed by atoms with E-state index in [4.69, 9.17) is 4.74 Å². The van der Waals surface area contributed by atoms with E-state index in [9.17, 15) is 14.4 Å². The van der Waals surface area contributed by atoms with E-state index >= 15 is 0 Å². The lowest BCUT2D eigenvalue weighted by atomic mass is 9.53. The Morgan fingerprint density at radius 1 is 1.00 bits per heavy atom. The maximum Gasteiger partial charge on any atom is 0.408 e. The highest BCUT2D eigenvalue weighted by atomic mass is 16.6. The molecule has 0 radical (unpaired) electrons. The Balaban J connectivity index is 1.39. The molecule has 180 valence electrons. The molecule has 4 bridgehead atoms. The van der Waals surface area contributed by atoms with Crippen molar-refractivity contribution in [2.75, 3.05) is 6.54 Å².